The van der Waals surface area contributed by atoms with E-state index in [4.69, 9.17) is 4.98 Å². The summed E-state index contributed by atoms with van der Waals surface area (Å²) >= 11 is 1.45. The molecular weight excluding hydrogens is 787 g/mol. The van der Waals surface area contributed by atoms with Gasteiger partial charge in [-0.3, -0.25) is 33.7 Å². The maximum Gasteiger partial charge on any atom is 0.286 e. The van der Waals surface area contributed by atoms with Gasteiger partial charge >= 0.3 is 0 Å². The first kappa shape index (κ1) is 50.9. The summed E-state index contributed by atoms with van der Waals surface area (Å²) in [5.41, 5.74) is 1.89. The van der Waals surface area contributed by atoms with Crippen LogP contribution in [-0.2, 0) is 28.8 Å². The van der Waals surface area contributed by atoms with Gasteiger partial charge < -0.3 is 4.90 Å². The first-order valence-electron chi connectivity index (χ1n) is 22.2. The molecule has 2 atom stereocenters. The molecule has 0 fully saturated rings. The van der Waals surface area contributed by atoms with E-state index in [2.05, 4.69) is 44.7 Å². The third kappa shape index (κ3) is 11.9. The Bertz CT molecular complexity index is 2010. The Balaban J connectivity index is 2.55. The van der Waals surface area contributed by atoms with Gasteiger partial charge in [0.25, 0.3) is 23.6 Å². The van der Waals surface area contributed by atoms with Crippen LogP contribution in [0.5, 0.6) is 0 Å². The van der Waals surface area contributed by atoms with Crippen molar-refractivity contribution in [1.82, 2.24) is 19.9 Å². The number of anilines is 1. The van der Waals surface area contributed by atoms with E-state index < -0.39 is 52.0 Å². The van der Waals surface area contributed by atoms with Gasteiger partial charge in [-0.1, -0.05) is 116 Å². The van der Waals surface area contributed by atoms with Gasteiger partial charge in [0.15, 0.2) is 5.13 Å². The van der Waals surface area contributed by atoms with Crippen molar-refractivity contribution in [1.29, 1.82) is 0 Å². The lowest BCUT2D eigenvalue weighted by Crippen LogP contribution is -2.61. The monoisotopic (exact) mass is 860 g/mol. The average molecular weight is 860 g/mol. The number of hydrogen-bond donors (Lipinski definition) is 0. The summed E-state index contributed by atoms with van der Waals surface area (Å²) < 4.78 is 0. The minimum absolute atomic E-state index is 0.0322. The van der Waals surface area contributed by atoms with Crippen molar-refractivity contribution in [3.63, 3.8) is 0 Å². The summed E-state index contributed by atoms with van der Waals surface area (Å²) in [5, 5.41) is 1.83. The molecular formula is C49H73N5O6S. The standard InChI is InChI=1S/C49H73N5O6S/c1-17-21-23-36(19-3)28-51(29-37(20-4)24-22-18-2)47-50-42(40-31(6)25-30(5)26-32(40)7)39(61-47)27-38-33(8)41(44(58)52(34(9)55)49(14,15)16)45(59)54(43(38)57)53(35(10)56)46(60)48(11,12)13/h25-27,36-37H,17-24,28-29H2,1-16H3/b38-27-. The maximum absolute atomic E-state index is 15.0. The molecule has 0 saturated heterocycles. The van der Waals surface area contributed by atoms with Crippen molar-refractivity contribution in [3.05, 3.63) is 50.4 Å². The largest absolute Gasteiger partial charge is 0.348 e. The van der Waals surface area contributed by atoms with E-state index in [-0.39, 0.29) is 11.1 Å². The van der Waals surface area contributed by atoms with Gasteiger partial charge in [-0.05, 0) is 95.9 Å². The number of benzene rings is 1. The summed E-state index contributed by atoms with van der Waals surface area (Å²) in [6, 6.07) is 4.21. The Labute approximate surface area is 370 Å². The highest BCUT2D eigenvalue weighted by atomic mass is 32.1. The number of hydrazine groups is 1. The quantitative estimate of drug-likeness (QED) is 0.0874. The number of aromatic nitrogens is 1. The third-order valence-corrected chi connectivity index (χ3v) is 12.6. The lowest BCUT2D eigenvalue weighted by atomic mass is 9.91. The second-order valence-corrected chi connectivity index (χ2v) is 19.9. The molecule has 0 aliphatic carbocycles. The molecule has 61 heavy (non-hydrogen) atoms. The van der Waals surface area contributed by atoms with Gasteiger partial charge in [0.2, 0.25) is 11.8 Å². The molecule has 336 valence electrons. The van der Waals surface area contributed by atoms with Crippen LogP contribution in [0.25, 0.3) is 17.3 Å². The number of rotatable bonds is 17. The Morgan fingerprint density at radius 2 is 1.30 bits per heavy atom. The molecule has 3 rings (SSSR count). The smallest absolute Gasteiger partial charge is 0.286 e. The van der Waals surface area contributed by atoms with Gasteiger partial charge in [-0.25, -0.2) is 4.98 Å². The van der Waals surface area contributed by atoms with Crippen LogP contribution in [0.4, 0.5) is 5.13 Å². The molecule has 0 N–H and O–H groups in total. The van der Waals surface area contributed by atoms with Gasteiger partial charge in [-0.15, -0.1) is 0 Å². The van der Waals surface area contributed by atoms with E-state index in [1.807, 2.05) is 20.8 Å². The maximum atomic E-state index is 15.0. The van der Waals surface area contributed by atoms with Crippen LogP contribution in [0.2, 0.25) is 0 Å². The number of unbranched alkanes of at least 4 members (excludes halogenated alkanes) is 2. The van der Waals surface area contributed by atoms with Crippen molar-refractivity contribution < 1.29 is 28.8 Å². The molecule has 6 amide bonds. The van der Waals surface area contributed by atoms with Gasteiger partial charge in [0.1, 0.15) is 5.57 Å². The molecule has 2 heterocycles. The molecule has 2 aromatic rings. The number of imide groups is 3. The lowest BCUT2D eigenvalue weighted by molar-refractivity contribution is -0.180. The first-order chi connectivity index (χ1) is 28.3. The molecule has 11 nitrogen and oxygen atoms in total. The minimum Gasteiger partial charge on any atom is -0.348 e. The number of aryl methyl sites for hydroxylation is 3. The van der Waals surface area contributed by atoms with E-state index >= 15 is 0 Å². The van der Waals surface area contributed by atoms with Crippen LogP contribution < -0.4 is 4.90 Å². The molecule has 0 spiro atoms. The predicted octanol–water partition coefficient (Wildman–Crippen LogP) is 10.6. The van der Waals surface area contributed by atoms with E-state index in [0.29, 0.717) is 32.4 Å². The van der Waals surface area contributed by atoms with Crippen molar-refractivity contribution >= 4 is 58.0 Å². The van der Waals surface area contributed by atoms with Crippen molar-refractivity contribution in [3.8, 4) is 11.3 Å². The zero-order chi connectivity index (χ0) is 46.3. The summed E-state index contributed by atoms with van der Waals surface area (Å²) in [4.78, 5) is 94.1. The van der Waals surface area contributed by atoms with Gasteiger partial charge in [-0.2, -0.15) is 10.0 Å². The molecule has 0 saturated carbocycles. The highest BCUT2D eigenvalue weighted by molar-refractivity contribution is 7.17. The summed E-state index contributed by atoms with van der Waals surface area (Å²) in [6.07, 6.45) is 10.4. The van der Waals surface area contributed by atoms with Crippen LogP contribution in [-0.4, -0.2) is 74.0 Å². The van der Waals surface area contributed by atoms with Crippen molar-refractivity contribution in [2.24, 2.45) is 17.3 Å². The Morgan fingerprint density at radius 3 is 1.70 bits per heavy atom. The molecule has 1 aliphatic heterocycles. The number of amides is 6. The van der Waals surface area contributed by atoms with Crippen LogP contribution in [0, 0.1) is 38.0 Å². The second kappa shape index (κ2) is 21.1. The highest BCUT2D eigenvalue weighted by Crippen LogP contribution is 2.41. The fourth-order valence-corrected chi connectivity index (χ4v) is 9.23. The fourth-order valence-electron chi connectivity index (χ4n) is 8.20. The van der Waals surface area contributed by atoms with Crippen LogP contribution in [0.1, 0.15) is 163 Å². The van der Waals surface area contributed by atoms with E-state index in [0.717, 1.165) is 104 Å². The fraction of sp³-hybridized carbons (Fsp3) is 0.612. The number of nitrogens with zero attached hydrogens (tertiary/aromatic N) is 5. The number of hydrogen-bond acceptors (Lipinski definition) is 9. The SMILES string of the molecule is CCCCC(CC)CN(CC(CC)CCCC)c1nc(-c2c(C)cc(C)cc2C)c(/C=C2\C(=O)N(N(C(C)=O)C(=O)C(C)(C)C)C(=O)C(C(=O)N(C(C)=O)C(C)(C)C)=C2C)s1. The Morgan fingerprint density at radius 1 is 0.787 bits per heavy atom. The average Bonchev–Trinajstić information content (AvgIpc) is 3.55. The molecule has 0 bridgehead atoms. The number of carbonyl (C=O) groups is 6. The number of thiazole rings is 1. The van der Waals surface area contributed by atoms with E-state index in [9.17, 15) is 28.8 Å². The molecule has 1 aromatic heterocycles. The minimum atomic E-state index is -1.20. The van der Waals surface area contributed by atoms with Crippen molar-refractivity contribution in [2.45, 2.75) is 168 Å². The molecule has 0 radical (unpaired) electrons. The molecule has 2 unspecified atom stereocenters. The van der Waals surface area contributed by atoms with E-state index in [1.54, 1.807) is 47.6 Å². The van der Waals surface area contributed by atoms with Gasteiger partial charge in [0, 0.05) is 49.0 Å². The lowest BCUT2D eigenvalue weighted by Gasteiger charge is -2.39. The highest BCUT2D eigenvalue weighted by Gasteiger charge is 2.49. The zero-order valence-electron chi connectivity index (χ0n) is 40.1. The molecule has 1 aromatic carbocycles. The second-order valence-electron chi connectivity index (χ2n) is 18.9. The zero-order valence-corrected chi connectivity index (χ0v) is 40.9. The normalized spacial score (nSPS) is 15.3. The van der Waals surface area contributed by atoms with Gasteiger partial charge in [0.05, 0.1) is 10.6 Å². The molecule has 1 aliphatic rings. The van der Waals surface area contributed by atoms with Crippen LogP contribution in [0.15, 0.2) is 28.9 Å². The van der Waals surface area contributed by atoms with Crippen molar-refractivity contribution in [2.75, 3.05) is 18.0 Å². The molecule has 12 heteroatoms. The summed E-state index contributed by atoms with van der Waals surface area (Å²) in [6.45, 7) is 30.2. The summed E-state index contributed by atoms with van der Waals surface area (Å²) in [7, 11) is 0. The van der Waals surface area contributed by atoms with Crippen LogP contribution >= 0.6 is 11.3 Å². The van der Waals surface area contributed by atoms with Crippen LogP contribution in [0.3, 0.4) is 0 Å². The third-order valence-electron chi connectivity index (χ3n) is 11.5. The topological polar surface area (TPSA) is 128 Å². The summed E-state index contributed by atoms with van der Waals surface area (Å²) in [5.74, 6) is -4.44. The Hall–Kier alpha value is -4.45. The first-order valence-corrected chi connectivity index (χ1v) is 23.0. The number of carbonyl (C=O) groups excluding carboxylic acids is 6. The Kier molecular flexibility index (Phi) is 17.6. The van der Waals surface area contributed by atoms with E-state index in [1.165, 1.54) is 25.2 Å². The predicted molar refractivity (Wildman–Crippen MR) is 247 cm³/mol.